The standard InChI is InChI=1S/C24H23F3O4S2/c1-11-3-4-12(23-21(29)20(28)22(30)24(31-23)32-2)7-13(11)8-15-5-6-18(33-15)14-9-16(25)19(27)17(26)10-14/h3-7,9-10,20-24,28-30H,8H2,1-2H3/t20-,21-,22+,23+,24-/m1/s1. The van der Waals surface area contributed by atoms with Crippen LogP contribution in [0.3, 0.4) is 0 Å². The molecule has 1 aliphatic heterocycles. The highest BCUT2D eigenvalue weighted by Crippen LogP contribution is 2.37. The van der Waals surface area contributed by atoms with Crippen molar-refractivity contribution in [3.05, 3.63) is 81.5 Å². The molecule has 1 aromatic heterocycles. The molecular weight excluding hydrogens is 473 g/mol. The normalized spacial score (nSPS) is 25.4. The van der Waals surface area contributed by atoms with E-state index in [2.05, 4.69) is 0 Å². The van der Waals surface area contributed by atoms with E-state index in [0.29, 0.717) is 16.9 Å². The van der Waals surface area contributed by atoms with Gasteiger partial charge in [-0.15, -0.1) is 23.1 Å². The minimum absolute atomic E-state index is 0.266. The third-order valence-electron chi connectivity index (χ3n) is 5.80. The average Bonchev–Trinajstić information content (AvgIpc) is 3.26. The van der Waals surface area contributed by atoms with Crippen LogP contribution >= 0.6 is 23.1 Å². The molecule has 5 atom stereocenters. The second-order valence-electron chi connectivity index (χ2n) is 8.02. The highest BCUT2D eigenvalue weighted by Gasteiger charge is 2.44. The van der Waals surface area contributed by atoms with Crippen LogP contribution in [0.5, 0.6) is 0 Å². The van der Waals surface area contributed by atoms with E-state index in [1.165, 1.54) is 23.1 Å². The number of hydrogen-bond acceptors (Lipinski definition) is 6. The molecule has 1 saturated heterocycles. The number of halogens is 3. The van der Waals surface area contributed by atoms with Gasteiger partial charge in [0.2, 0.25) is 0 Å². The summed E-state index contributed by atoms with van der Waals surface area (Å²) in [5.41, 5.74) is 2.22. The van der Waals surface area contributed by atoms with Crippen LogP contribution in [-0.4, -0.2) is 45.3 Å². The number of ether oxygens (including phenoxy) is 1. The lowest BCUT2D eigenvalue weighted by molar-refractivity contribution is -0.200. The van der Waals surface area contributed by atoms with E-state index < -0.39 is 47.3 Å². The number of thiophene rings is 1. The molecule has 1 aliphatic rings. The smallest absolute Gasteiger partial charge is 0.194 e. The molecule has 0 unspecified atom stereocenters. The van der Waals surface area contributed by atoms with Gasteiger partial charge in [-0.25, -0.2) is 13.2 Å². The summed E-state index contributed by atoms with van der Waals surface area (Å²) in [5, 5.41) is 30.8. The molecule has 33 heavy (non-hydrogen) atoms. The zero-order valence-electron chi connectivity index (χ0n) is 17.8. The maximum absolute atomic E-state index is 13.6. The van der Waals surface area contributed by atoms with Crippen molar-refractivity contribution in [2.24, 2.45) is 0 Å². The predicted octanol–water partition coefficient (Wildman–Crippen LogP) is 4.57. The molecule has 3 aromatic rings. The molecule has 1 fully saturated rings. The van der Waals surface area contributed by atoms with E-state index in [9.17, 15) is 28.5 Å². The first-order chi connectivity index (χ1) is 15.7. The fourth-order valence-electron chi connectivity index (χ4n) is 3.89. The van der Waals surface area contributed by atoms with Crippen molar-refractivity contribution < 1.29 is 33.2 Å². The van der Waals surface area contributed by atoms with Gasteiger partial charge in [0.1, 0.15) is 29.9 Å². The minimum Gasteiger partial charge on any atom is -0.387 e. The van der Waals surface area contributed by atoms with Gasteiger partial charge in [0, 0.05) is 16.2 Å². The predicted molar refractivity (Wildman–Crippen MR) is 123 cm³/mol. The summed E-state index contributed by atoms with van der Waals surface area (Å²) in [6, 6.07) is 11.1. The van der Waals surface area contributed by atoms with Gasteiger partial charge in [-0.05, 0) is 59.7 Å². The van der Waals surface area contributed by atoms with Crippen LogP contribution in [0.4, 0.5) is 13.2 Å². The largest absolute Gasteiger partial charge is 0.387 e. The quantitative estimate of drug-likeness (QED) is 0.452. The summed E-state index contributed by atoms with van der Waals surface area (Å²) in [6.07, 6.45) is -2.33. The number of aryl methyl sites for hydroxylation is 1. The van der Waals surface area contributed by atoms with E-state index in [-0.39, 0.29) is 5.56 Å². The number of thioether (sulfide) groups is 1. The summed E-state index contributed by atoms with van der Waals surface area (Å²) in [5.74, 6) is -3.95. The van der Waals surface area contributed by atoms with Gasteiger partial charge in [0.05, 0.1) is 0 Å². The summed E-state index contributed by atoms with van der Waals surface area (Å²) in [6.45, 7) is 1.94. The highest BCUT2D eigenvalue weighted by molar-refractivity contribution is 7.99. The summed E-state index contributed by atoms with van der Waals surface area (Å²) in [4.78, 5) is 1.54. The van der Waals surface area contributed by atoms with Crippen LogP contribution in [0.1, 0.15) is 27.7 Å². The van der Waals surface area contributed by atoms with Crippen LogP contribution in [0, 0.1) is 24.4 Å². The summed E-state index contributed by atoms with van der Waals surface area (Å²) < 4.78 is 46.4. The second kappa shape index (κ2) is 9.77. The Kier molecular flexibility index (Phi) is 7.18. The Labute approximate surface area is 197 Å². The Hall–Kier alpha value is -1.88. The molecule has 0 amide bonds. The molecule has 0 aliphatic carbocycles. The Balaban J connectivity index is 1.59. The first-order valence-electron chi connectivity index (χ1n) is 10.2. The number of benzene rings is 2. The Morgan fingerprint density at radius 1 is 0.939 bits per heavy atom. The zero-order chi connectivity index (χ0) is 23.9. The van der Waals surface area contributed by atoms with Gasteiger partial charge in [-0.1, -0.05) is 18.2 Å². The van der Waals surface area contributed by atoms with Crippen molar-refractivity contribution in [3.8, 4) is 10.4 Å². The lowest BCUT2D eigenvalue weighted by Crippen LogP contribution is -2.52. The van der Waals surface area contributed by atoms with Crippen molar-refractivity contribution in [1.29, 1.82) is 0 Å². The van der Waals surface area contributed by atoms with Gasteiger partial charge in [0.15, 0.2) is 17.5 Å². The molecule has 2 heterocycles. The molecular formula is C24H23F3O4S2. The molecule has 9 heteroatoms. The van der Waals surface area contributed by atoms with Crippen LogP contribution < -0.4 is 0 Å². The van der Waals surface area contributed by atoms with Gasteiger partial charge in [0.25, 0.3) is 0 Å². The third kappa shape index (κ3) is 4.84. The molecule has 4 rings (SSSR count). The van der Waals surface area contributed by atoms with Crippen molar-refractivity contribution in [2.75, 3.05) is 6.26 Å². The highest BCUT2D eigenvalue weighted by atomic mass is 32.2. The van der Waals surface area contributed by atoms with Crippen LogP contribution in [0.2, 0.25) is 0 Å². The Bertz CT molecular complexity index is 1130. The molecule has 3 N–H and O–H groups in total. The molecule has 4 nitrogen and oxygen atoms in total. The average molecular weight is 497 g/mol. The van der Waals surface area contributed by atoms with Crippen LogP contribution in [0.15, 0.2) is 42.5 Å². The van der Waals surface area contributed by atoms with E-state index in [1.54, 1.807) is 12.3 Å². The van der Waals surface area contributed by atoms with Crippen LogP contribution in [-0.2, 0) is 11.2 Å². The molecule has 0 saturated carbocycles. The van der Waals surface area contributed by atoms with Crippen molar-refractivity contribution in [2.45, 2.75) is 43.2 Å². The zero-order valence-corrected chi connectivity index (χ0v) is 19.5. The number of aliphatic hydroxyl groups excluding tert-OH is 3. The maximum atomic E-state index is 13.6. The maximum Gasteiger partial charge on any atom is 0.194 e. The fourth-order valence-corrected chi connectivity index (χ4v) is 5.58. The van der Waals surface area contributed by atoms with Crippen molar-refractivity contribution in [3.63, 3.8) is 0 Å². The Morgan fingerprint density at radius 3 is 2.30 bits per heavy atom. The Morgan fingerprint density at radius 2 is 1.64 bits per heavy atom. The lowest BCUT2D eigenvalue weighted by atomic mass is 9.92. The van der Waals surface area contributed by atoms with Crippen LogP contribution in [0.25, 0.3) is 10.4 Å². The van der Waals surface area contributed by atoms with Crippen molar-refractivity contribution >= 4 is 23.1 Å². The first kappa shape index (κ1) is 24.3. The topological polar surface area (TPSA) is 69.9 Å². The van der Waals surface area contributed by atoms with E-state index in [1.807, 2.05) is 31.2 Å². The molecule has 0 bridgehead atoms. The number of rotatable bonds is 5. The molecule has 0 spiro atoms. The van der Waals surface area contributed by atoms with Gasteiger partial charge < -0.3 is 20.1 Å². The molecule has 0 radical (unpaired) electrons. The third-order valence-corrected chi connectivity index (χ3v) is 7.79. The first-order valence-corrected chi connectivity index (χ1v) is 12.4. The number of aliphatic hydroxyl groups is 3. The second-order valence-corrected chi connectivity index (χ2v) is 10.1. The summed E-state index contributed by atoms with van der Waals surface area (Å²) in [7, 11) is 0. The van der Waals surface area contributed by atoms with Gasteiger partial charge in [-0.3, -0.25) is 0 Å². The molecule has 2 aromatic carbocycles. The minimum atomic E-state index is -1.49. The van der Waals surface area contributed by atoms with E-state index >= 15 is 0 Å². The SMILES string of the molecule is CS[C@H]1O[C@@H](c2ccc(C)c(Cc3ccc(-c4cc(F)c(F)c(F)c4)s3)c2)[C@H](O)[C@@H](O)[C@@H]1O. The van der Waals surface area contributed by atoms with Crippen molar-refractivity contribution in [1.82, 2.24) is 0 Å². The van der Waals surface area contributed by atoms with E-state index in [4.69, 9.17) is 4.74 Å². The number of hydrogen-bond donors (Lipinski definition) is 3. The van der Waals surface area contributed by atoms with Gasteiger partial charge in [-0.2, -0.15) is 0 Å². The van der Waals surface area contributed by atoms with E-state index in [0.717, 1.165) is 28.1 Å². The van der Waals surface area contributed by atoms with Gasteiger partial charge >= 0.3 is 0 Å². The lowest BCUT2D eigenvalue weighted by Gasteiger charge is -2.40. The molecule has 176 valence electrons. The monoisotopic (exact) mass is 496 g/mol. The fraction of sp³-hybridized carbons (Fsp3) is 0.333. The summed E-state index contributed by atoms with van der Waals surface area (Å²) >= 11 is 2.60.